The Morgan fingerprint density at radius 2 is 1.32 bits per heavy atom. The number of carbonyl (C=O) groups excluding carboxylic acids is 3. The van der Waals surface area contributed by atoms with Gasteiger partial charge in [-0.3, -0.25) is 14.4 Å². The van der Waals surface area contributed by atoms with E-state index in [2.05, 4.69) is 16.0 Å². The summed E-state index contributed by atoms with van der Waals surface area (Å²) in [5.74, 6) is -3.05. The van der Waals surface area contributed by atoms with Crippen molar-refractivity contribution in [3.8, 4) is 0 Å². The number of hydrogen-bond donors (Lipinski definition) is 6. The van der Waals surface area contributed by atoms with E-state index in [4.69, 9.17) is 11.5 Å². The van der Waals surface area contributed by atoms with Crippen molar-refractivity contribution in [1.29, 1.82) is 0 Å². The van der Waals surface area contributed by atoms with Crippen molar-refractivity contribution < 1.29 is 24.3 Å². The number of carboxylic acid groups (broad SMARTS) is 1. The molecule has 5 unspecified atom stereocenters. The highest BCUT2D eigenvalue weighted by Gasteiger charge is 2.32. The lowest BCUT2D eigenvalue weighted by Gasteiger charge is -2.28. The molecule has 10 heteroatoms. The van der Waals surface area contributed by atoms with Gasteiger partial charge in [-0.1, -0.05) is 80.9 Å². The molecule has 0 saturated carbocycles. The second-order valence-electron chi connectivity index (χ2n) is 10.1. The summed E-state index contributed by atoms with van der Waals surface area (Å²) in [5, 5.41) is 17.7. The maximum Gasteiger partial charge on any atom is 0.326 e. The van der Waals surface area contributed by atoms with E-state index < -0.39 is 47.9 Å². The fraction of sp³-hybridized carbons (Fsp3) is 0.467. The molecule has 218 valence electrons. The third kappa shape index (κ3) is 10.8. The van der Waals surface area contributed by atoms with Crippen LogP contribution in [0.2, 0.25) is 0 Å². The van der Waals surface area contributed by atoms with Crippen LogP contribution in [0, 0.1) is 5.92 Å². The zero-order chi connectivity index (χ0) is 29.5. The molecule has 40 heavy (non-hydrogen) atoms. The molecule has 2 rings (SSSR count). The van der Waals surface area contributed by atoms with Crippen LogP contribution in [0.15, 0.2) is 60.7 Å². The van der Waals surface area contributed by atoms with Gasteiger partial charge < -0.3 is 32.5 Å². The van der Waals surface area contributed by atoms with E-state index in [1.807, 2.05) is 74.5 Å². The molecule has 5 atom stereocenters. The van der Waals surface area contributed by atoms with E-state index >= 15 is 0 Å². The van der Waals surface area contributed by atoms with Crippen LogP contribution < -0.4 is 27.4 Å². The Balaban J connectivity index is 2.19. The predicted octanol–water partition coefficient (Wildman–Crippen LogP) is 1.51. The van der Waals surface area contributed by atoms with Crippen LogP contribution in [-0.2, 0) is 32.0 Å². The lowest BCUT2D eigenvalue weighted by molar-refractivity contribution is -0.142. The van der Waals surface area contributed by atoms with Crippen LogP contribution in [-0.4, -0.2) is 59.5 Å². The fourth-order valence-electron chi connectivity index (χ4n) is 4.27. The van der Waals surface area contributed by atoms with Crippen LogP contribution in [0.25, 0.3) is 0 Å². The van der Waals surface area contributed by atoms with Crippen molar-refractivity contribution in [2.75, 3.05) is 6.54 Å². The van der Waals surface area contributed by atoms with Gasteiger partial charge in [0.05, 0.1) is 6.04 Å². The molecular weight excluding hydrogens is 510 g/mol. The summed E-state index contributed by atoms with van der Waals surface area (Å²) in [6, 6.07) is 14.5. The summed E-state index contributed by atoms with van der Waals surface area (Å²) in [6.45, 7) is 4.15. The minimum Gasteiger partial charge on any atom is -0.480 e. The lowest BCUT2D eigenvalue weighted by atomic mass is 9.96. The quantitative estimate of drug-likeness (QED) is 0.161. The van der Waals surface area contributed by atoms with Gasteiger partial charge in [-0.2, -0.15) is 0 Å². The number of carbonyl (C=O) groups is 4. The van der Waals surface area contributed by atoms with E-state index in [-0.39, 0.29) is 18.8 Å². The summed E-state index contributed by atoms with van der Waals surface area (Å²) < 4.78 is 0. The average Bonchev–Trinajstić information content (AvgIpc) is 2.95. The molecule has 0 heterocycles. The Morgan fingerprint density at radius 3 is 1.85 bits per heavy atom. The number of benzene rings is 2. The lowest BCUT2D eigenvalue weighted by Crippen LogP contribution is -2.59. The second-order valence-corrected chi connectivity index (χ2v) is 10.1. The molecule has 2 aromatic carbocycles. The third-order valence-electron chi connectivity index (χ3n) is 6.91. The molecule has 0 aliphatic rings. The molecule has 10 nitrogen and oxygen atoms in total. The standard InChI is InChI=1S/C30H43N5O5/c1-3-20(2)26(35-27(36)23(32)18-21-12-6-4-7-13-21)29(38)34-25(19-22-14-8-5-9-15-22)28(37)33-24(30(39)40)16-10-11-17-31/h4-9,12-15,20,23-26H,3,10-11,16-19,31-32H2,1-2H3,(H,33,37)(H,34,38)(H,35,36)(H,39,40). The predicted molar refractivity (Wildman–Crippen MR) is 154 cm³/mol. The minimum atomic E-state index is -1.16. The Bertz CT molecular complexity index is 1080. The number of nitrogens with two attached hydrogens (primary N) is 2. The molecule has 8 N–H and O–H groups in total. The molecule has 0 aromatic heterocycles. The maximum absolute atomic E-state index is 13.5. The van der Waals surface area contributed by atoms with Crippen molar-refractivity contribution in [3.05, 3.63) is 71.8 Å². The van der Waals surface area contributed by atoms with Crippen LogP contribution in [0.1, 0.15) is 50.7 Å². The van der Waals surface area contributed by atoms with Gasteiger partial charge in [-0.15, -0.1) is 0 Å². The number of hydrogen-bond acceptors (Lipinski definition) is 6. The molecule has 0 radical (unpaired) electrons. The molecule has 3 amide bonds. The first-order valence-electron chi connectivity index (χ1n) is 13.8. The van der Waals surface area contributed by atoms with E-state index in [1.54, 1.807) is 0 Å². The van der Waals surface area contributed by atoms with Crippen molar-refractivity contribution in [2.24, 2.45) is 17.4 Å². The second kappa shape index (κ2) is 17.0. The minimum absolute atomic E-state index is 0.141. The van der Waals surface area contributed by atoms with Crippen molar-refractivity contribution in [1.82, 2.24) is 16.0 Å². The first-order valence-corrected chi connectivity index (χ1v) is 13.8. The van der Waals surface area contributed by atoms with E-state index in [1.165, 1.54) is 0 Å². The van der Waals surface area contributed by atoms with Gasteiger partial charge in [-0.05, 0) is 49.3 Å². The molecular formula is C30H43N5O5. The van der Waals surface area contributed by atoms with Crippen molar-refractivity contribution in [3.63, 3.8) is 0 Å². The number of aliphatic carboxylic acids is 1. The fourth-order valence-corrected chi connectivity index (χ4v) is 4.27. The average molecular weight is 554 g/mol. The van der Waals surface area contributed by atoms with Gasteiger partial charge >= 0.3 is 5.97 Å². The monoisotopic (exact) mass is 553 g/mol. The number of nitrogens with one attached hydrogen (secondary N) is 3. The highest BCUT2D eigenvalue weighted by atomic mass is 16.4. The van der Waals surface area contributed by atoms with Crippen LogP contribution in [0.5, 0.6) is 0 Å². The topological polar surface area (TPSA) is 177 Å². The van der Waals surface area contributed by atoms with Gasteiger partial charge in [0.15, 0.2) is 0 Å². The normalized spacial score (nSPS) is 14.7. The van der Waals surface area contributed by atoms with Crippen LogP contribution >= 0.6 is 0 Å². The first kappa shape index (κ1) is 32.5. The smallest absolute Gasteiger partial charge is 0.326 e. The molecule has 0 bridgehead atoms. The van der Waals surface area contributed by atoms with Gasteiger partial charge in [0.2, 0.25) is 17.7 Å². The SMILES string of the molecule is CCC(C)C(NC(=O)C(N)Cc1ccccc1)C(=O)NC(Cc1ccccc1)C(=O)NC(CCCCN)C(=O)O. The molecule has 0 saturated heterocycles. The number of rotatable bonds is 17. The first-order chi connectivity index (χ1) is 19.2. The summed E-state index contributed by atoms with van der Waals surface area (Å²) >= 11 is 0. The van der Waals surface area contributed by atoms with Crippen molar-refractivity contribution >= 4 is 23.7 Å². The Morgan fingerprint density at radius 1 is 0.775 bits per heavy atom. The van der Waals surface area contributed by atoms with Crippen LogP contribution in [0.4, 0.5) is 0 Å². The Labute approximate surface area is 236 Å². The van der Waals surface area contributed by atoms with Gasteiger partial charge in [0, 0.05) is 6.42 Å². The summed E-state index contributed by atoms with van der Waals surface area (Å²) in [7, 11) is 0. The molecule has 0 spiro atoms. The van der Waals surface area contributed by atoms with Crippen LogP contribution in [0.3, 0.4) is 0 Å². The van der Waals surface area contributed by atoms with Gasteiger partial charge in [-0.25, -0.2) is 4.79 Å². The molecule has 0 aliphatic heterocycles. The zero-order valence-electron chi connectivity index (χ0n) is 23.3. The van der Waals surface area contributed by atoms with Gasteiger partial charge in [0.1, 0.15) is 18.1 Å². The van der Waals surface area contributed by atoms with E-state index in [0.29, 0.717) is 32.2 Å². The number of amides is 3. The highest BCUT2D eigenvalue weighted by Crippen LogP contribution is 2.12. The van der Waals surface area contributed by atoms with Gasteiger partial charge in [0.25, 0.3) is 0 Å². The Hall–Kier alpha value is -3.76. The number of carboxylic acids is 1. The van der Waals surface area contributed by atoms with E-state index in [0.717, 1.165) is 11.1 Å². The summed E-state index contributed by atoms with van der Waals surface area (Å²) in [5.41, 5.74) is 13.4. The third-order valence-corrected chi connectivity index (χ3v) is 6.91. The zero-order valence-corrected chi connectivity index (χ0v) is 23.3. The van der Waals surface area contributed by atoms with Crippen molar-refractivity contribution in [2.45, 2.75) is 76.5 Å². The van der Waals surface area contributed by atoms with E-state index in [9.17, 15) is 24.3 Å². The Kier molecular flexibility index (Phi) is 13.8. The number of unbranched alkanes of at least 4 members (excludes halogenated alkanes) is 1. The molecule has 0 fully saturated rings. The summed E-state index contributed by atoms with van der Waals surface area (Å²) in [4.78, 5) is 51.6. The summed E-state index contributed by atoms with van der Waals surface area (Å²) in [6.07, 6.45) is 2.42. The maximum atomic E-state index is 13.5. The largest absolute Gasteiger partial charge is 0.480 e. The molecule has 2 aromatic rings. The molecule has 0 aliphatic carbocycles. The highest BCUT2D eigenvalue weighted by molar-refractivity contribution is 5.94.